The van der Waals surface area contributed by atoms with Gasteiger partial charge in [-0.05, 0) is 50.0 Å². The highest BCUT2D eigenvalue weighted by Crippen LogP contribution is 2.36. The first kappa shape index (κ1) is 18.1. The highest BCUT2D eigenvalue weighted by Gasteiger charge is 2.41. The van der Waals surface area contributed by atoms with Gasteiger partial charge in [0.05, 0.1) is 15.7 Å². The second-order valence-corrected chi connectivity index (χ2v) is 8.71. The number of hydrogen-bond donors (Lipinski definition) is 1. The van der Waals surface area contributed by atoms with Crippen molar-refractivity contribution in [3.8, 4) is 11.5 Å². The van der Waals surface area contributed by atoms with Crippen LogP contribution in [0, 0.1) is 11.7 Å². The van der Waals surface area contributed by atoms with E-state index in [1.165, 1.54) is 12.1 Å². The third kappa shape index (κ3) is 3.10. The van der Waals surface area contributed by atoms with E-state index in [1.54, 1.807) is 0 Å². The van der Waals surface area contributed by atoms with Gasteiger partial charge in [0.15, 0.2) is 5.58 Å². The summed E-state index contributed by atoms with van der Waals surface area (Å²) in [6.45, 7) is 2.16. The fraction of sp³-hybridized carbons (Fsp3) is 0.333. The van der Waals surface area contributed by atoms with Gasteiger partial charge in [-0.2, -0.15) is 0 Å². The molecular weight excluding hydrogens is 472 g/mol. The molecule has 2 atom stereocenters. The molecule has 0 radical (unpaired) electrons. The number of rotatable bonds is 3. The van der Waals surface area contributed by atoms with Crippen molar-refractivity contribution in [3.05, 3.63) is 53.8 Å². The fourth-order valence-electron chi connectivity index (χ4n) is 4.27. The average molecular weight is 491 g/mol. The molecular formula is C21H19FIN3O2. The number of halogens is 2. The topological polar surface area (TPSA) is 58.4 Å². The van der Waals surface area contributed by atoms with Crippen LogP contribution in [0.25, 0.3) is 22.6 Å². The van der Waals surface area contributed by atoms with E-state index in [9.17, 15) is 9.18 Å². The van der Waals surface area contributed by atoms with Gasteiger partial charge in [0, 0.05) is 11.6 Å². The summed E-state index contributed by atoms with van der Waals surface area (Å²) in [5, 5.41) is 3.15. The lowest BCUT2D eigenvalue weighted by atomic mass is 9.84. The number of aromatic nitrogens is 1. The molecule has 3 aromatic rings. The van der Waals surface area contributed by atoms with Crippen molar-refractivity contribution < 1.29 is 13.6 Å². The molecule has 3 aliphatic rings. The van der Waals surface area contributed by atoms with E-state index in [2.05, 4.69) is 37.8 Å². The maximum atomic E-state index is 14.2. The van der Waals surface area contributed by atoms with Crippen LogP contribution in [0.4, 0.5) is 4.39 Å². The Morgan fingerprint density at radius 2 is 1.96 bits per heavy atom. The minimum atomic E-state index is -0.506. The number of nitrogens with one attached hydrogen (secondary N) is 1. The molecule has 5 nitrogen and oxygen atoms in total. The van der Waals surface area contributed by atoms with E-state index in [0.29, 0.717) is 17.3 Å². The second-order valence-electron chi connectivity index (χ2n) is 7.43. The lowest BCUT2D eigenvalue weighted by Crippen LogP contribution is -2.61. The van der Waals surface area contributed by atoms with Crippen LogP contribution in [0.5, 0.6) is 0 Å². The second kappa shape index (κ2) is 7.11. The van der Waals surface area contributed by atoms with Gasteiger partial charge in [-0.15, -0.1) is 0 Å². The van der Waals surface area contributed by atoms with Crippen molar-refractivity contribution in [2.24, 2.45) is 5.92 Å². The molecule has 0 aliphatic carbocycles. The van der Waals surface area contributed by atoms with Crippen molar-refractivity contribution >= 4 is 39.6 Å². The zero-order valence-electron chi connectivity index (χ0n) is 15.1. The maximum absolute atomic E-state index is 14.2. The quantitative estimate of drug-likeness (QED) is 0.339. The maximum Gasteiger partial charge on any atom is 0.254 e. The van der Waals surface area contributed by atoms with Crippen LogP contribution in [0.1, 0.15) is 23.2 Å². The molecule has 1 N–H and O–H groups in total. The zero-order valence-corrected chi connectivity index (χ0v) is 17.2. The number of oxazole rings is 1. The molecule has 6 rings (SSSR count). The molecule has 0 saturated carbocycles. The Balaban J connectivity index is 1.49. The Labute approximate surface area is 175 Å². The Morgan fingerprint density at radius 3 is 2.68 bits per heavy atom. The summed E-state index contributed by atoms with van der Waals surface area (Å²) in [6, 6.07) is 12.0. The van der Waals surface area contributed by atoms with Gasteiger partial charge in [-0.25, -0.2) is 9.37 Å². The van der Waals surface area contributed by atoms with E-state index in [-0.39, 0.29) is 27.1 Å². The molecule has 2 aromatic carbocycles. The van der Waals surface area contributed by atoms with E-state index in [4.69, 9.17) is 4.42 Å². The predicted molar refractivity (Wildman–Crippen MR) is 113 cm³/mol. The predicted octanol–water partition coefficient (Wildman–Crippen LogP) is 4.22. The molecule has 3 saturated heterocycles. The lowest BCUT2D eigenvalue weighted by molar-refractivity contribution is 0.0554. The van der Waals surface area contributed by atoms with Crippen LogP contribution in [-0.4, -0.2) is 39.0 Å². The highest BCUT2D eigenvalue weighted by molar-refractivity contribution is 14.1. The van der Waals surface area contributed by atoms with E-state index in [0.717, 1.165) is 31.5 Å². The van der Waals surface area contributed by atoms with Gasteiger partial charge in [-0.1, -0.05) is 40.8 Å². The number of amides is 1. The number of piperidine rings is 3. The van der Waals surface area contributed by atoms with Gasteiger partial charge in [0.2, 0.25) is 5.89 Å². The fourth-order valence-corrected chi connectivity index (χ4v) is 5.59. The van der Waals surface area contributed by atoms with Crippen molar-refractivity contribution in [2.45, 2.75) is 22.9 Å². The first-order valence-electron chi connectivity index (χ1n) is 9.44. The molecule has 3 aliphatic heterocycles. The molecule has 0 spiro atoms. The molecule has 1 aromatic heterocycles. The first-order valence-corrected chi connectivity index (χ1v) is 10.7. The minimum absolute atomic E-state index is 0.0643. The van der Waals surface area contributed by atoms with E-state index >= 15 is 0 Å². The SMILES string of the molecule is O=C(NC1C2CCN(CC2)C1I)c1cc(F)cc2oc(-c3ccccc3)nc12. The molecule has 3 fully saturated rings. The smallest absolute Gasteiger partial charge is 0.254 e. The lowest BCUT2D eigenvalue weighted by Gasteiger charge is -2.48. The van der Waals surface area contributed by atoms with E-state index < -0.39 is 5.82 Å². The Morgan fingerprint density at radius 1 is 1.21 bits per heavy atom. The molecule has 2 bridgehead atoms. The van der Waals surface area contributed by atoms with Crippen LogP contribution >= 0.6 is 22.6 Å². The summed E-state index contributed by atoms with van der Waals surface area (Å²) in [5.74, 6) is 0.0492. The Hall–Kier alpha value is -2.00. The standard InChI is InChI=1S/C21H19FIN3O2/c22-14-10-15(20(27)24-17-12-6-8-26(9-7-12)19(17)23)18-16(11-14)28-21(25-18)13-4-2-1-3-5-13/h1-5,10-12,17,19H,6-9H2,(H,24,27). The summed E-state index contributed by atoms with van der Waals surface area (Å²) in [4.78, 5) is 20.0. The monoisotopic (exact) mass is 491 g/mol. The van der Waals surface area contributed by atoms with Crippen molar-refractivity contribution in [1.82, 2.24) is 15.2 Å². The summed E-state index contributed by atoms with van der Waals surface area (Å²) >= 11 is 2.40. The third-order valence-corrected chi connectivity index (χ3v) is 7.31. The van der Waals surface area contributed by atoms with Crippen molar-refractivity contribution in [2.75, 3.05) is 13.1 Å². The van der Waals surface area contributed by atoms with Gasteiger partial charge in [-0.3, -0.25) is 9.69 Å². The zero-order chi connectivity index (χ0) is 19.3. The number of benzene rings is 2. The number of carbonyl (C=O) groups excluding carboxylic acids is 1. The third-order valence-electron chi connectivity index (χ3n) is 5.75. The summed E-state index contributed by atoms with van der Waals surface area (Å²) in [5.41, 5.74) is 1.68. The molecule has 144 valence electrons. The molecule has 2 unspecified atom stereocenters. The van der Waals surface area contributed by atoms with Crippen LogP contribution in [0.15, 0.2) is 46.9 Å². The van der Waals surface area contributed by atoms with Gasteiger partial charge < -0.3 is 9.73 Å². The molecule has 1 amide bonds. The number of alkyl halides is 1. The minimum Gasteiger partial charge on any atom is -0.436 e. The Bertz CT molecular complexity index is 1030. The normalized spacial score (nSPS) is 26.5. The number of fused-ring (bicyclic) bond motifs is 4. The van der Waals surface area contributed by atoms with Crippen LogP contribution < -0.4 is 5.32 Å². The van der Waals surface area contributed by atoms with Gasteiger partial charge in [0.25, 0.3) is 5.91 Å². The molecule has 7 heteroatoms. The Kier molecular flexibility index (Phi) is 4.59. The summed E-state index contributed by atoms with van der Waals surface area (Å²) < 4.78 is 20.2. The van der Waals surface area contributed by atoms with Gasteiger partial charge in [0.1, 0.15) is 11.3 Å². The van der Waals surface area contributed by atoms with E-state index in [1.807, 2.05) is 30.3 Å². The number of nitrogens with zero attached hydrogens (tertiary/aromatic N) is 2. The average Bonchev–Trinajstić information content (AvgIpc) is 3.15. The molecule has 4 heterocycles. The highest BCUT2D eigenvalue weighted by atomic mass is 127. The van der Waals surface area contributed by atoms with Crippen LogP contribution in [0.2, 0.25) is 0 Å². The number of hydrogen-bond acceptors (Lipinski definition) is 4. The largest absolute Gasteiger partial charge is 0.436 e. The van der Waals surface area contributed by atoms with Crippen molar-refractivity contribution in [1.29, 1.82) is 0 Å². The van der Waals surface area contributed by atoms with Crippen molar-refractivity contribution in [3.63, 3.8) is 0 Å². The van der Waals surface area contributed by atoms with Crippen LogP contribution in [-0.2, 0) is 0 Å². The number of carbonyl (C=O) groups is 1. The van der Waals surface area contributed by atoms with Gasteiger partial charge >= 0.3 is 0 Å². The summed E-state index contributed by atoms with van der Waals surface area (Å²) in [7, 11) is 0. The molecule has 28 heavy (non-hydrogen) atoms. The first-order chi connectivity index (χ1) is 13.6. The van der Waals surface area contributed by atoms with Crippen LogP contribution in [0.3, 0.4) is 0 Å². The summed E-state index contributed by atoms with van der Waals surface area (Å²) in [6.07, 6.45) is 2.18.